The third-order valence-corrected chi connectivity index (χ3v) is 5.81. The zero-order valence-electron chi connectivity index (χ0n) is 10.8. The van der Waals surface area contributed by atoms with Crippen LogP contribution in [0.3, 0.4) is 0 Å². The minimum Gasteiger partial charge on any atom is -0.321 e. The Labute approximate surface area is 124 Å². The Balaban J connectivity index is 1.93. The maximum Gasteiger partial charge on any atom is 0.234 e. The number of carbonyl (C=O) groups is 1. The summed E-state index contributed by atoms with van der Waals surface area (Å²) in [4.78, 5) is 12.2. The van der Waals surface area contributed by atoms with Crippen LogP contribution in [0, 0.1) is 0 Å². The molecule has 5 heteroatoms. The average Bonchev–Trinajstić information content (AvgIpc) is 2.49. The van der Waals surface area contributed by atoms with Crippen LogP contribution in [0.2, 0.25) is 0 Å². The van der Waals surface area contributed by atoms with Crippen LogP contribution in [0.15, 0.2) is 60.7 Å². The quantitative estimate of drug-likeness (QED) is 0.768. The van der Waals surface area contributed by atoms with Crippen LogP contribution in [0.1, 0.15) is 6.42 Å². The standard InChI is InChI=1S/C15H14ClN2OP/c16-20-17(13-7-3-1-4-8-13)12-11-15(19)18(20)14-9-5-2-6-10-14/h1-10H,11-12H2. The molecule has 2 aromatic rings. The zero-order valence-corrected chi connectivity index (χ0v) is 12.5. The molecular weight excluding hydrogens is 291 g/mol. The predicted octanol–water partition coefficient (Wildman–Crippen LogP) is 4.40. The summed E-state index contributed by atoms with van der Waals surface area (Å²) in [5.41, 5.74) is 1.92. The van der Waals surface area contributed by atoms with Gasteiger partial charge in [0.2, 0.25) is 13.5 Å². The lowest BCUT2D eigenvalue weighted by Crippen LogP contribution is -2.39. The first-order chi connectivity index (χ1) is 9.77. The van der Waals surface area contributed by atoms with E-state index in [0.29, 0.717) is 13.0 Å². The van der Waals surface area contributed by atoms with Gasteiger partial charge in [0.25, 0.3) is 0 Å². The Morgan fingerprint density at radius 3 is 2.05 bits per heavy atom. The third kappa shape index (κ3) is 2.52. The van der Waals surface area contributed by atoms with Crippen LogP contribution in [0.5, 0.6) is 0 Å². The van der Waals surface area contributed by atoms with Crippen molar-refractivity contribution >= 4 is 36.1 Å². The molecule has 0 spiro atoms. The first-order valence-electron chi connectivity index (χ1n) is 6.44. The number of anilines is 2. The molecule has 1 unspecified atom stereocenters. The lowest BCUT2D eigenvalue weighted by molar-refractivity contribution is -0.117. The summed E-state index contributed by atoms with van der Waals surface area (Å²) < 4.78 is 3.82. The van der Waals surface area contributed by atoms with Crippen LogP contribution in [0.4, 0.5) is 11.4 Å². The molecule has 0 bridgehead atoms. The molecule has 0 aromatic heterocycles. The molecule has 1 atom stereocenters. The number of hydrogen-bond acceptors (Lipinski definition) is 2. The van der Waals surface area contributed by atoms with E-state index in [2.05, 4.69) is 4.67 Å². The molecule has 0 N–H and O–H groups in total. The van der Waals surface area contributed by atoms with Crippen LogP contribution < -0.4 is 9.34 Å². The molecule has 20 heavy (non-hydrogen) atoms. The van der Waals surface area contributed by atoms with Gasteiger partial charge >= 0.3 is 0 Å². The molecule has 0 radical (unpaired) electrons. The maximum atomic E-state index is 12.2. The molecule has 0 saturated carbocycles. The lowest BCUT2D eigenvalue weighted by atomic mass is 10.3. The number of hydrogen-bond donors (Lipinski definition) is 0. The second kappa shape index (κ2) is 5.82. The number of para-hydroxylation sites is 2. The van der Waals surface area contributed by atoms with Gasteiger partial charge in [0.15, 0.2) is 0 Å². The van der Waals surface area contributed by atoms with Crippen molar-refractivity contribution in [2.45, 2.75) is 6.42 Å². The largest absolute Gasteiger partial charge is 0.321 e. The van der Waals surface area contributed by atoms with Crippen LogP contribution >= 0.6 is 18.8 Å². The number of benzene rings is 2. The SMILES string of the molecule is O=C1CCN(c2ccccc2)P(Cl)N1c1ccccc1. The summed E-state index contributed by atoms with van der Waals surface area (Å²) in [5.74, 6) is 0.0875. The molecule has 1 aliphatic heterocycles. The van der Waals surface area contributed by atoms with Crippen molar-refractivity contribution in [1.82, 2.24) is 0 Å². The van der Waals surface area contributed by atoms with E-state index in [4.69, 9.17) is 11.2 Å². The molecule has 3 rings (SSSR count). The fourth-order valence-corrected chi connectivity index (χ4v) is 4.64. The molecule has 1 aliphatic rings. The topological polar surface area (TPSA) is 23.6 Å². The summed E-state index contributed by atoms with van der Waals surface area (Å²) in [6, 6.07) is 19.6. The molecule has 0 aliphatic carbocycles. The van der Waals surface area contributed by atoms with Crippen molar-refractivity contribution < 1.29 is 4.79 Å². The van der Waals surface area contributed by atoms with E-state index in [9.17, 15) is 4.79 Å². The highest BCUT2D eigenvalue weighted by Gasteiger charge is 2.34. The van der Waals surface area contributed by atoms with E-state index in [0.717, 1.165) is 11.4 Å². The molecule has 2 aromatic carbocycles. The van der Waals surface area contributed by atoms with Gasteiger partial charge in [-0.05, 0) is 35.5 Å². The normalized spacial score (nSPS) is 19.2. The van der Waals surface area contributed by atoms with Gasteiger partial charge in [0, 0.05) is 18.7 Å². The molecule has 1 saturated heterocycles. The van der Waals surface area contributed by atoms with Gasteiger partial charge in [-0.2, -0.15) is 0 Å². The Kier molecular flexibility index (Phi) is 3.90. The van der Waals surface area contributed by atoms with E-state index in [1.807, 2.05) is 60.7 Å². The predicted molar refractivity (Wildman–Crippen MR) is 85.1 cm³/mol. The smallest absolute Gasteiger partial charge is 0.234 e. The highest BCUT2D eigenvalue weighted by Crippen LogP contribution is 2.55. The number of halogens is 1. The molecule has 1 heterocycles. The van der Waals surface area contributed by atoms with Crippen LogP contribution in [0.25, 0.3) is 0 Å². The molecule has 1 amide bonds. The minimum absolute atomic E-state index is 0.0875. The zero-order chi connectivity index (χ0) is 13.9. The summed E-state index contributed by atoms with van der Waals surface area (Å²) in [5, 5.41) is 0. The number of nitrogens with zero attached hydrogens (tertiary/aromatic N) is 2. The van der Waals surface area contributed by atoms with Gasteiger partial charge in [-0.25, -0.2) is 0 Å². The van der Waals surface area contributed by atoms with Gasteiger partial charge in [0.05, 0.1) is 5.69 Å². The Hall–Kier alpha value is -1.57. The van der Waals surface area contributed by atoms with E-state index in [1.165, 1.54) is 0 Å². The van der Waals surface area contributed by atoms with Crippen molar-refractivity contribution in [3.05, 3.63) is 60.7 Å². The third-order valence-electron chi connectivity index (χ3n) is 3.19. The molecule has 3 nitrogen and oxygen atoms in total. The first-order valence-corrected chi connectivity index (χ1v) is 8.59. The average molecular weight is 305 g/mol. The molecule has 1 fully saturated rings. The highest BCUT2D eigenvalue weighted by atomic mass is 35.7. The van der Waals surface area contributed by atoms with Crippen molar-refractivity contribution in [2.24, 2.45) is 0 Å². The Morgan fingerprint density at radius 1 is 0.900 bits per heavy atom. The number of carbonyl (C=O) groups excluding carboxylic acids is 1. The summed E-state index contributed by atoms with van der Waals surface area (Å²) in [6.45, 7) is 0.668. The fraction of sp³-hybridized carbons (Fsp3) is 0.133. The Bertz CT molecular complexity index is 593. The first kappa shape index (κ1) is 13.4. The fourth-order valence-electron chi connectivity index (χ4n) is 2.22. The van der Waals surface area contributed by atoms with Gasteiger partial charge < -0.3 is 4.67 Å². The molecule has 102 valence electrons. The van der Waals surface area contributed by atoms with Crippen molar-refractivity contribution in [1.29, 1.82) is 0 Å². The second-order valence-electron chi connectivity index (χ2n) is 4.49. The monoisotopic (exact) mass is 304 g/mol. The van der Waals surface area contributed by atoms with Crippen molar-refractivity contribution in [3.8, 4) is 0 Å². The van der Waals surface area contributed by atoms with E-state index in [-0.39, 0.29) is 5.91 Å². The summed E-state index contributed by atoms with van der Waals surface area (Å²) in [7, 11) is -1.22. The summed E-state index contributed by atoms with van der Waals surface area (Å²) in [6.07, 6.45) is 0.481. The van der Waals surface area contributed by atoms with Gasteiger partial charge in [-0.1, -0.05) is 36.4 Å². The Morgan fingerprint density at radius 2 is 1.45 bits per heavy atom. The highest BCUT2D eigenvalue weighted by molar-refractivity contribution is 7.87. The van der Waals surface area contributed by atoms with Crippen LogP contribution in [-0.4, -0.2) is 12.5 Å². The van der Waals surface area contributed by atoms with Gasteiger partial charge in [-0.3, -0.25) is 9.46 Å². The second-order valence-corrected chi connectivity index (χ2v) is 6.76. The molecular formula is C15H14ClN2OP. The van der Waals surface area contributed by atoms with Gasteiger partial charge in [-0.15, -0.1) is 0 Å². The lowest BCUT2D eigenvalue weighted by Gasteiger charge is -2.40. The number of amides is 1. The van der Waals surface area contributed by atoms with Crippen molar-refractivity contribution in [2.75, 3.05) is 15.9 Å². The van der Waals surface area contributed by atoms with Gasteiger partial charge in [0.1, 0.15) is 0 Å². The van der Waals surface area contributed by atoms with E-state index in [1.54, 1.807) is 4.67 Å². The van der Waals surface area contributed by atoms with E-state index < -0.39 is 7.58 Å². The van der Waals surface area contributed by atoms with E-state index >= 15 is 0 Å². The maximum absolute atomic E-state index is 12.2. The van der Waals surface area contributed by atoms with Crippen molar-refractivity contribution in [3.63, 3.8) is 0 Å². The summed E-state index contributed by atoms with van der Waals surface area (Å²) >= 11 is 6.61. The number of rotatable bonds is 2. The van der Waals surface area contributed by atoms with Crippen LogP contribution in [-0.2, 0) is 4.79 Å². The minimum atomic E-state index is -1.22.